The number of hydrogen-bond donors (Lipinski definition) is 1. The maximum absolute atomic E-state index is 5.99. The number of fused-ring (bicyclic) bond motifs is 1. The Morgan fingerprint density at radius 3 is 2.67 bits per heavy atom. The highest BCUT2D eigenvalue weighted by Gasteiger charge is 2.10. The molecule has 0 spiro atoms. The van der Waals surface area contributed by atoms with Gasteiger partial charge in [-0.05, 0) is 59.1 Å². The van der Waals surface area contributed by atoms with E-state index in [-0.39, 0.29) is 0 Å². The minimum Gasteiger partial charge on any atom is -0.378 e. The van der Waals surface area contributed by atoms with Gasteiger partial charge in [-0.2, -0.15) is 0 Å². The molecule has 1 N–H and O–H groups in total. The summed E-state index contributed by atoms with van der Waals surface area (Å²) in [4.78, 5) is 0. The van der Waals surface area contributed by atoms with E-state index in [1.165, 1.54) is 21.3 Å². The van der Waals surface area contributed by atoms with Crippen molar-refractivity contribution in [2.75, 3.05) is 5.32 Å². The Hall–Kier alpha value is -1.51. The third-order valence-corrected chi connectivity index (χ3v) is 4.79. The number of halogens is 1. The fourth-order valence-corrected chi connectivity index (χ4v) is 3.46. The molecule has 3 aromatic rings. The SMILES string of the molecule is CCCC(Nc1ccc2sccc2c1)c1ccc(Cl)cc1. The van der Waals surface area contributed by atoms with Gasteiger partial charge in [0.05, 0.1) is 6.04 Å². The molecule has 0 aliphatic heterocycles. The Kier molecular flexibility index (Phi) is 4.47. The van der Waals surface area contributed by atoms with Crippen molar-refractivity contribution in [3.8, 4) is 0 Å². The van der Waals surface area contributed by atoms with Gasteiger partial charge in [-0.3, -0.25) is 0 Å². The summed E-state index contributed by atoms with van der Waals surface area (Å²) in [5.74, 6) is 0. The Bertz CT molecular complexity index is 717. The van der Waals surface area contributed by atoms with E-state index in [0.29, 0.717) is 6.04 Å². The second kappa shape index (κ2) is 6.50. The predicted octanol–water partition coefficient (Wildman–Crippen LogP) is 6.51. The van der Waals surface area contributed by atoms with Crippen molar-refractivity contribution >= 4 is 38.7 Å². The Morgan fingerprint density at radius 1 is 1.10 bits per heavy atom. The molecule has 0 fully saturated rings. The predicted molar refractivity (Wildman–Crippen MR) is 94.5 cm³/mol. The largest absolute Gasteiger partial charge is 0.378 e. The summed E-state index contributed by atoms with van der Waals surface area (Å²) >= 11 is 7.77. The van der Waals surface area contributed by atoms with Gasteiger partial charge in [0.2, 0.25) is 0 Å². The van der Waals surface area contributed by atoms with E-state index in [1.807, 2.05) is 12.1 Å². The van der Waals surface area contributed by atoms with Crippen LogP contribution < -0.4 is 5.32 Å². The first-order chi connectivity index (χ1) is 10.3. The molecule has 3 heteroatoms. The second-order valence-corrected chi connectivity index (χ2v) is 6.59. The van der Waals surface area contributed by atoms with E-state index in [9.17, 15) is 0 Å². The first kappa shape index (κ1) is 14.4. The van der Waals surface area contributed by atoms with Crippen LogP contribution in [0.25, 0.3) is 10.1 Å². The third kappa shape index (κ3) is 3.39. The average Bonchev–Trinajstić information content (AvgIpc) is 2.95. The fourth-order valence-electron chi connectivity index (χ4n) is 2.56. The molecule has 0 aliphatic carbocycles. The summed E-state index contributed by atoms with van der Waals surface area (Å²) in [6.45, 7) is 2.21. The maximum atomic E-state index is 5.99. The molecule has 1 heterocycles. The van der Waals surface area contributed by atoms with Crippen LogP contribution in [0.15, 0.2) is 53.9 Å². The molecule has 1 unspecified atom stereocenters. The summed E-state index contributed by atoms with van der Waals surface area (Å²) in [6.07, 6.45) is 2.24. The lowest BCUT2D eigenvalue weighted by atomic mass is 10.0. The lowest BCUT2D eigenvalue weighted by Gasteiger charge is -2.20. The maximum Gasteiger partial charge on any atom is 0.0513 e. The third-order valence-electron chi connectivity index (χ3n) is 3.64. The number of rotatable bonds is 5. The minimum atomic E-state index is 0.323. The fraction of sp³-hybridized carbons (Fsp3) is 0.222. The zero-order chi connectivity index (χ0) is 14.7. The highest BCUT2D eigenvalue weighted by molar-refractivity contribution is 7.17. The lowest BCUT2D eigenvalue weighted by molar-refractivity contribution is 0.678. The van der Waals surface area contributed by atoms with Crippen molar-refractivity contribution in [3.63, 3.8) is 0 Å². The number of anilines is 1. The summed E-state index contributed by atoms with van der Waals surface area (Å²) in [6, 6.07) is 17.2. The molecule has 108 valence electrons. The lowest BCUT2D eigenvalue weighted by Crippen LogP contribution is -2.10. The van der Waals surface area contributed by atoms with Gasteiger partial charge < -0.3 is 5.32 Å². The summed E-state index contributed by atoms with van der Waals surface area (Å²) in [7, 11) is 0. The molecule has 0 saturated heterocycles. The van der Waals surface area contributed by atoms with E-state index in [1.54, 1.807) is 11.3 Å². The monoisotopic (exact) mass is 315 g/mol. The topological polar surface area (TPSA) is 12.0 Å². The van der Waals surface area contributed by atoms with Crippen LogP contribution >= 0.6 is 22.9 Å². The molecule has 0 radical (unpaired) electrons. The van der Waals surface area contributed by atoms with Gasteiger partial charge in [-0.25, -0.2) is 0 Å². The van der Waals surface area contributed by atoms with E-state index in [4.69, 9.17) is 11.6 Å². The van der Waals surface area contributed by atoms with Crippen LogP contribution in [0.2, 0.25) is 5.02 Å². The molecule has 3 rings (SSSR count). The average molecular weight is 316 g/mol. The van der Waals surface area contributed by atoms with Crippen molar-refractivity contribution in [1.29, 1.82) is 0 Å². The second-order valence-electron chi connectivity index (χ2n) is 5.21. The molecular formula is C18H18ClNS. The number of hydrogen-bond acceptors (Lipinski definition) is 2. The molecule has 0 aliphatic rings. The normalized spacial score (nSPS) is 12.5. The van der Waals surface area contributed by atoms with Crippen molar-refractivity contribution < 1.29 is 0 Å². The first-order valence-corrected chi connectivity index (χ1v) is 8.51. The van der Waals surface area contributed by atoms with Crippen LogP contribution in [-0.4, -0.2) is 0 Å². The molecule has 0 amide bonds. The van der Waals surface area contributed by atoms with Crippen LogP contribution in [0.3, 0.4) is 0 Å². The van der Waals surface area contributed by atoms with Gasteiger partial charge in [-0.1, -0.05) is 37.1 Å². The van der Waals surface area contributed by atoms with Gasteiger partial charge in [-0.15, -0.1) is 11.3 Å². The number of nitrogens with one attached hydrogen (secondary N) is 1. The van der Waals surface area contributed by atoms with Crippen LogP contribution in [0.4, 0.5) is 5.69 Å². The Labute approximate surface area is 134 Å². The van der Waals surface area contributed by atoms with Gasteiger partial charge in [0, 0.05) is 15.4 Å². The van der Waals surface area contributed by atoms with Crippen molar-refractivity contribution in [2.24, 2.45) is 0 Å². The van der Waals surface area contributed by atoms with Crippen molar-refractivity contribution in [1.82, 2.24) is 0 Å². The molecule has 1 nitrogen and oxygen atoms in total. The zero-order valence-electron chi connectivity index (χ0n) is 12.0. The van der Waals surface area contributed by atoms with E-state index >= 15 is 0 Å². The van der Waals surface area contributed by atoms with Gasteiger partial charge in [0.1, 0.15) is 0 Å². The molecule has 21 heavy (non-hydrogen) atoms. The standard InChI is InChI=1S/C18H18ClNS/c1-2-3-17(13-4-6-15(19)7-5-13)20-16-8-9-18-14(12-16)10-11-21-18/h4-12,17,20H,2-3H2,1H3. The summed E-state index contributed by atoms with van der Waals surface area (Å²) < 4.78 is 1.33. The summed E-state index contributed by atoms with van der Waals surface area (Å²) in [5.41, 5.74) is 2.46. The quantitative estimate of drug-likeness (QED) is 0.566. The molecule has 2 aromatic carbocycles. The van der Waals surface area contributed by atoms with E-state index < -0.39 is 0 Å². The number of benzene rings is 2. The molecule has 1 atom stereocenters. The van der Waals surface area contributed by atoms with Gasteiger partial charge in [0.15, 0.2) is 0 Å². The van der Waals surface area contributed by atoms with Crippen LogP contribution in [0.5, 0.6) is 0 Å². The Morgan fingerprint density at radius 2 is 1.90 bits per heavy atom. The van der Waals surface area contributed by atoms with Crippen LogP contribution in [-0.2, 0) is 0 Å². The molecule has 0 bridgehead atoms. The van der Waals surface area contributed by atoms with Crippen LogP contribution in [0, 0.1) is 0 Å². The van der Waals surface area contributed by atoms with E-state index in [0.717, 1.165) is 17.9 Å². The molecule has 1 aromatic heterocycles. The highest BCUT2D eigenvalue weighted by Crippen LogP contribution is 2.29. The van der Waals surface area contributed by atoms with E-state index in [2.05, 4.69) is 54.0 Å². The zero-order valence-corrected chi connectivity index (χ0v) is 13.5. The Balaban J connectivity index is 1.85. The highest BCUT2D eigenvalue weighted by atomic mass is 35.5. The van der Waals surface area contributed by atoms with Gasteiger partial charge in [0.25, 0.3) is 0 Å². The minimum absolute atomic E-state index is 0.323. The van der Waals surface area contributed by atoms with Crippen molar-refractivity contribution in [3.05, 3.63) is 64.5 Å². The molecular weight excluding hydrogens is 298 g/mol. The van der Waals surface area contributed by atoms with Crippen LogP contribution in [0.1, 0.15) is 31.4 Å². The summed E-state index contributed by atoms with van der Waals surface area (Å²) in [5, 5.41) is 7.88. The van der Waals surface area contributed by atoms with Crippen molar-refractivity contribution in [2.45, 2.75) is 25.8 Å². The molecule has 0 saturated carbocycles. The first-order valence-electron chi connectivity index (χ1n) is 7.25. The van der Waals surface area contributed by atoms with Gasteiger partial charge >= 0.3 is 0 Å². The smallest absolute Gasteiger partial charge is 0.0513 e. The number of thiophene rings is 1.